The van der Waals surface area contributed by atoms with E-state index in [1.165, 1.54) is 11.3 Å². The summed E-state index contributed by atoms with van der Waals surface area (Å²) in [5.41, 5.74) is 3.69. The second-order valence-electron chi connectivity index (χ2n) is 6.78. The lowest BCUT2D eigenvalue weighted by Gasteiger charge is -2.36. The fourth-order valence-corrected chi connectivity index (χ4v) is 3.42. The topological polar surface area (TPSA) is 35.6 Å². The van der Waals surface area contributed by atoms with Crippen LogP contribution < -0.4 is 10.2 Å². The number of piperazine rings is 1. The molecule has 2 aromatic rings. The number of rotatable bonds is 6. The Hall–Kier alpha value is -2.04. The van der Waals surface area contributed by atoms with Crippen molar-refractivity contribution in [2.75, 3.05) is 37.6 Å². The molecule has 1 fully saturated rings. The summed E-state index contributed by atoms with van der Waals surface area (Å²) in [5.74, 6) is 0.00555. The van der Waals surface area contributed by atoms with Gasteiger partial charge in [0.05, 0.1) is 0 Å². The van der Waals surface area contributed by atoms with Crippen LogP contribution in [0.25, 0.3) is 0 Å². The molecule has 0 aliphatic carbocycles. The van der Waals surface area contributed by atoms with Gasteiger partial charge >= 0.3 is 0 Å². The molecule has 1 heterocycles. The van der Waals surface area contributed by atoms with E-state index < -0.39 is 0 Å². The highest BCUT2D eigenvalue weighted by molar-refractivity contribution is 6.30. The van der Waals surface area contributed by atoms with E-state index in [-0.39, 0.29) is 5.91 Å². The first-order valence-corrected chi connectivity index (χ1v) is 9.53. The Bertz CT molecular complexity index is 724. The fraction of sp³-hybridized carbons (Fsp3) is 0.381. The second kappa shape index (κ2) is 9.06. The van der Waals surface area contributed by atoms with Crippen molar-refractivity contribution < 1.29 is 4.79 Å². The van der Waals surface area contributed by atoms with Crippen molar-refractivity contribution in [3.8, 4) is 0 Å². The third-order valence-electron chi connectivity index (χ3n) is 4.83. The molecule has 26 heavy (non-hydrogen) atoms. The minimum Gasteiger partial charge on any atom is -0.369 e. The largest absolute Gasteiger partial charge is 0.369 e. The van der Waals surface area contributed by atoms with E-state index in [9.17, 15) is 4.79 Å². The predicted molar refractivity (Wildman–Crippen MR) is 108 cm³/mol. The summed E-state index contributed by atoms with van der Waals surface area (Å²) in [6, 6.07) is 16.6. The third kappa shape index (κ3) is 5.48. The predicted octanol–water partition coefficient (Wildman–Crippen LogP) is 3.34. The number of carbonyl (C=O) groups is 1. The molecule has 0 unspecified atom stereocenters. The molecular formula is C21H26ClN3O. The summed E-state index contributed by atoms with van der Waals surface area (Å²) in [7, 11) is 0. The summed E-state index contributed by atoms with van der Waals surface area (Å²) < 4.78 is 0. The van der Waals surface area contributed by atoms with Gasteiger partial charge in [0.1, 0.15) is 0 Å². The molecule has 2 aromatic carbocycles. The lowest BCUT2D eigenvalue weighted by molar-refractivity contribution is -0.119. The van der Waals surface area contributed by atoms with Gasteiger partial charge < -0.3 is 10.2 Å². The van der Waals surface area contributed by atoms with E-state index in [1.807, 2.05) is 18.2 Å². The van der Waals surface area contributed by atoms with E-state index in [2.05, 4.69) is 45.4 Å². The van der Waals surface area contributed by atoms with Crippen LogP contribution >= 0.6 is 11.6 Å². The number of hydrogen-bond acceptors (Lipinski definition) is 3. The maximum absolute atomic E-state index is 11.0. The van der Waals surface area contributed by atoms with Gasteiger partial charge in [0.25, 0.3) is 0 Å². The van der Waals surface area contributed by atoms with E-state index in [0.29, 0.717) is 6.54 Å². The lowest BCUT2D eigenvalue weighted by Crippen LogP contribution is -2.47. The Balaban J connectivity index is 1.43. The normalized spacial score (nSPS) is 15.1. The first-order valence-electron chi connectivity index (χ1n) is 9.15. The van der Waals surface area contributed by atoms with Crippen molar-refractivity contribution in [3.63, 3.8) is 0 Å². The number of nitrogens with one attached hydrogen (secondary N) is 1. The summed E-state index contributed by atoms with van der Waals surface area (Å²) in [5, 5.41) is 3.62. The van der Waals surface area contributed by atoms with E-state index >= 15 is 0 Å². The molecule has 1 aliphatic rings. The van der Waals surface area contributed by atoms with Crippen LogP contribution in [0.3, 0.4) is 0 Å². The van der Waals surface area contributed by atoms with Gasteiger partial charge in [0, 0.05) is 56.9 Å². The van der Waals surface area contributed by atoms with Crippen LogP contribution in [0.4, 0.5) is 5.69 Å². The average molecular weight is 372 g/mol. The van der Waals surface area contributed by atoms with Crippen LogP contribution in [0, 0.1) is 0 Å². The molecule has 4 nitrogen and oxygen atoms in total. The van der Waals surface area contributed by atoms with Crippen LogP contribution in [0.1, 0.15) is 18.1 Å². The van der Waals surface area contributed by atoms with Gasteiger partial charge in [-0.1, -0.05) is 41.9 Å². The standard InChI is InChI=1S/C21H26ClN3O/c1-17(26)23-16-19-7-5-18(6-8-19)9-10-24-11-13-25(14-12-24)21-4-2-3-20(22)15-21/h2-8,15H,9-14,16H2,1H3,(H,23,26). The van der Waals surface area contributed by atoms with Crippen molar-refractivity contribution in [1.29, 1.82) is 0 Å². The molecule has 0 bridgehead atoms. The molecule has 5 heteroatoms. The van der Waals surface area contributed by atoms with Crippen molar-refractivity contribution in [2.45, 2.75) is 19.9 Å². The van der Waals surface area contributed by atoms with Crippen LogP contribution in [-0.2, 0) is 17.8 Å². The summed E-state index contributed by atoms with van der Waals surface area (Å²) >= 11 is 6.10. The number of amides is 1. The number of anilines is 1. The first kappa shape index (κ1) is 18.7. The van der Waals surface area contributed by atoms with Gasteiger partial charge in [-0.2, -0.15) is 0 Å². The molecule has 0 atom stereocenters. The Morgan fingerprint density at radius 3 is 2.38 bits per heavy atom. The van der Waals surface area contributed by atoms with Gasteiger partial charge in [-0.05, 0) is 35.7 Å². The van der Waals surface area contributed by atoms with Crippen LogP contribution in [0.2, 0.25) is 5.02 Å². The van der Waals surface area contributed by atoms with E-state index in [4.69, 9.17) is 11.6 Å². The minimum absolute atomic E-state index is 0.00555. The molecule has 0 radical (unpaired) electrons. The molecule has 1 saturated heterocycles. The SMILES string of the molecule is CC(=O)NCc1ccc(CCN2CCN(c3cccc(Cl)c3)CC2)cc1. The Morgan fingerprint density at radius 2 is 1.73 bits per heavy atom. The Labute approximate surface area is 160 Å². The molecule has 138 valence electrons. The van der Waals surface area contributed by atoms with Gasteiger partial charge in [0.2, 0.25) is 5.91 Å². The lowest BCUT2D eigenvalue weighted by atomic mass is 10.1. The number of benzene rings is 2. The van der Waals surface area contributed by atoms with Crippen LogP contribution in [0.15, 0.2) is 48.5 Å². The van der Waals surface area contributed by atoms with Gasteiger partial charge in [-0.25, -0.2) is 0 Å². The number of hydrogen-bond donors (Lipinski definition) is 1. The maximum atomic E-state index is 11.0. The zero-order valence-electron chi connectivity index (χ0n) is 15.2. The molecule has 3 rings (SSSR count). The molecule has 1 N–H and O–H groups in total. The second-order valence-corrected chi connectivity index (χ2v) is 7.22. The molecule has 0 spiro atoms. The molecule has 0 aromatic heterocycles. The highest BCUT2D eigenvalue weighted by atomic mass is 35.5. The summed E-state index contributed by atoms with van der Waals surface area (Å²) in [6.07, 6.45) is 1.05. The number of carbonyl (C=O) groups excluding carboxylic acids is 1. The van der Waals surface area contributed by atoms with Crippen molar-refractivity contribution >= 4 is 23.2 Å². The smallest absolute Gasteiger partial charge is 0.217 e. The van der Waals surface area contributed by atoms with Crippen molar-refractivity contribution in [1.82, 2.24) is 10.2 Å². The quantitative estimate of drug-likeness (QED) is 0.845. The zero-order chi connectivity index (χ0) is 18.4. The van der Waals surface area contributed by atoms with Gasteiger partial charge in [-0.15, -0.1) is 0 Å². The summed E-state index contributed by atoms with van der Waals surface area (Å²) in [6.45, 7) is 7.45. The fourth-order valence-electron chi connectivity index (χ4n) is 3.24. The van der Waals surface area contributed by atoms with Crippen LogP contribution in [0.5, 0.6) is 0 Å². The Morgan fingerprint density at radius 1 is 1.04 bits per heavy atom. The van der Waals surface area contributed by atoms with Gasteiger partial charge in [-0.3, -0.25) is 9.69 Å². The maximum Gasteiger partial charge on any atom is 0.217 e. The zero-order valence-corrected chi connectivity index (χ0v) is 16.0. The molecule has 0 saturated carbocycles. The summed E-state index contributed by atoms with van der Waals surface area (Å²) in [4.78, 5) is 15.9. The highest BCUT2D eigenvalue weighted by Gasteiger charge is 2.17. The minimum atomic E-state index is 0.00555. The monoisotopic (exact) mass is 371 g/mol. The third-order valence-corrected chi connectivity index (χ3v) is 5.06. The van der Waals surface area contributed by atoms with Crippen LogP contribution in [-0.4, -0.2) is 43.5 Å². The number of nitrogens with zero attached hydrogens (tertiary/aromatic N) is 2. The Kier molecular flexibility index (Phi) is 6.53. The molecular weight excluding hydrogens is 346 g/mol. The first-order chi connectivity index (χ1) is 12.6. The molecule has 1 amide bonds. The molecule has 1 aliphatic heterocycles. The van der Waals surface area contributed by atoms with Crippen molar-refractivity contribution in [3.05, 3.63) is 64.7 Å². The highest BCUT2D eigenvalue weighted by Crippen LogP contribution is 2.20. The number of halogens is 1. The van der Waals surface area contributed by atoms with E-state index in [0.717, 1.165) is 49.7 Å². The average Bonchev–Trinajstić information content (AvgIpc) is 2.66. The van der Waals surface area contributed by atoms with Gasteiger partial charge in [0.15, 0.2) is 0 Å². The van der Waals surface area contributed by atoms with Crippen molar-refractivity contribution in [2.24, 2.45) is 0 Å². The van der Waals surface area contributed by atoms with E-state index in [1.54, 1.807) is 6.92 Å².